The number of hydrogen-bond donors (Lipinski definition) is 1. The summed E-state index contributed by atoms with van der Waals surface area (Å²) in [5.74, 6) is -0.613. The zero-order chi connectivity index (χ0) is 18.9. The van der Waals surface area contributed by atoms with Gasteiger partial charge in [0.1, 0.15) is 15.9 Å². The van der Waals surface area contributed by atoms with Crippen LogP contribution >= 0.6 is 11.7 Å². The summed E-state index contributed by atoms with van der Waals surface area (Å²) in [6, 6.07) is 8.41. The van der Waals surface area contributed by atoms with Gasteiger partial charge in [-0.1, -0.05) is 6.07 Å². The number of anilines is 1. The molecule has 1 amide bonds. The second-order valence-electron chi connectivity index (χ2n) is 6.32. The van der Waals surface area contributed by atoms with E-state index >= 15 is 0 Å². The highest BCUT2D eigenvalue weighted by Crippen LogP contribution is 2.28. The molecule has 3 aromatic rings. The van der Waals surface area contributed by atoms with Crippen molar-refractivity contribution in [3.63, 3.8) is 0 Å². The van der Waals surface area contributed by atoms with Gasteiger partial charge in [-0.15, -0.1) is 0 Å². The van der Waals surface area contributed by atoms with Gasteiger partial charge in [-0.25, -0.2) is 8.42 Å². The number of nitrogens with zero attached hydrogens (tertiary/aromatic N) is 4. The molecular formula is C17H17N5O3S2. The fourth-order valence-corrected chi connectivity index (χ4v) is 5.46. The van der Waals surface area contributed by atoms with Crippen molar-refractivity contribution in [2.75, 3.05) is 18.4 Å². The molecule has 27 heavy (non-hydrogen) atoms. The first-order valence-corrected chi connectivity index (χ1v) is 10.6. The number of amides is 1. The molecule has 1 aromatic carbocycles. The van der Waals surface area contributed by atoms with Crippen LogP contribution in [0.3, 0.4) is 0 Å². The molecule has 4 rings (SSSR count). The Morgan fingerprint density at radius 2 is 2.11 bits per heavy atom. The third-order valence-electron chi connectivity index (χ3n) is 4.55. The van der Waals surface area contributed by atoms with Crippen LogP contribution in [0.2, 0.25) is 0 Å². The summed E-state index contributed by atoms with van der Waals surface area (Å²) in [6.45, 7) is 0.523. The Balaban J connectivity index is 1.55. The molecule has 140 valence electrons. The summed E-state index contributed by atoms with van der Waals surface area (Å²) in [6.07, 6.45) is 4.44. The van der Waals surface area contributed by atoms with Gasteiger partial charge < -0.3 is 5.32 Å². The van der Waals surface area contributed by atoms with Gasteiger partial charge in [0.25, 0.3) is 0 Å². The van der Waals surface area contributed by atoms with Crippen LogP contribution in [0.4, 0.5) is 5.69 Å². The van der Waals surface area contributed by atoms with E-state index in [1.54, 1.807) is 42.7 Å². The van der Waals surface area contributed by atoms with Gasteiger partial charge in [-0.3, -0.25) is 9.78 Å². The van der Waals surface area contributed by atoms with Crippen molar-refractivity contribution in [3.05, 3.63) is 42.7 Å². The number of carbonyl (C=O) groups excluding carboxylic acids is 1. The molecule has 1 atom stereocenters. The molecule has 1 aliphatic rings. The van der Waals surface area contributed by atoms with Gasteiger partial charge in [0.05, 0.1) is 29.5 Å². The minimum atomic E-state index is -3.75. The number of hydrogen-bond acceptors (Lipinski definition) is 7. The lowest BCUT2D eigenvalue weighted by molar-refractivity contribution is -0.120. The first-order valence-electron chi connectivity index (χ1n) is 8.48. The first kappa shape index (κ1) is 18.0. The first-order chi connectivity index (χ1) is 13.1. The average molecular weight is 403 g/mol. The van der Waals surface area contributed by atoms with Crippen LogP contribution in [-0.4, -0.2) is 45.5 Å². The van der Waals surface area contributed by atoms with Gasteiger partial charge >= 0.3 is 0 Å². The van der Waals surface area contributed by atoms with Crippen molar-refractivity contribution >= 4 is 44.4 Å². The van der Waals surface area contributed by atoms with E-state index in [2.05, 4.69) is 19.0 Å². The Bertz CT molecular complexity index is 1070. The second kappa shape index (κ2) is 7.29. The van der Waals surface area contributed by atoms with Crippen LogP contribution in [0.15, 0.2) is 47.6 Å². The molecule has 1 N–H and O–H groups in total. The summed E-state index contributed by atoms with van der Waals surface area (Å²) >= 11 is 0.983. The molecule has 8 nitrogen and oxygen atoms in total. The second-order valence-corrected chi connectivity index (χ2v) is 8.76. The molecule has 1 saturated heterocycles. The van der Waals surface area contributed by atoms with E-state index in [0.717, 1.165) is 11.7 Å². The van der Waals surface area contributed by atoms with E-state index in [9.17, 15) is 13.2 Å². The monoisotopic (exact) mass is 403 g/mol. The van der Waals surface area contributed by atoms with E-state index in [0.29, 0.717) is 36.1 Å². The van der Waals surface area contributed by atoms with Crippen molar-refractivity contribution in [2.45, 2.75) is 17.7 Å². The number of carbonyl (C=O) groups is 1. The molecule has 0 radical (unpaired) electrons. The molecule has 0 bridgehead atoms. The normalized spacial score (nSPS) is 18.4. The molecule has 0 aliphatic carbocycles. The quantitative estimate of drug-likeness (QED) is 0.715. The number of nitrogens with one attached hydrogen (secondary N) is 1. The van der Waals surface area contributed by atoms with Crippen LogP contribution < -0.4 is 5.32 Å². The summed E-state index contributed by atoms with van der Waals surface area (Å²) in [7, 11) is -3.75. The summed E-state index contributed by atoms with van der Waals surface area (Å²) in [5, 5.41) is 2.81. The molecule has 1 aliphatic heterocycles. The van der Waals surface area contributed by atoms with Gasteiger partial charge in [0, 0.05) is 19.3 Å². The lowest BCUT2D eigenvalue weighted by Crippen LogP contribution is -2.43. The lowest BCUT2D eigenvalue weighted by Gasteiger charge is -2.31. The molecule has 1 fully saturated rings. The average Bonchev–Trinajstić information content (AvgIpc) is 3.17. The minimum absolute atomic E-state index is 0.141. The van der Waals surface area contributed by atoms with E-state index in [-0.39, 0.29) is 17.3 Å². The highest BCUT2D eigenvalue weighted by Gasteiger charge is 2.34. The SMILES string of the molecule is O=C(Nc1cccnc1)[C@@H]1CCCN(S(=O)(=O)c2cccc3nsnc23)C1. The zero-order valence-corrected chi connectivity index (χ0v) is 15.9. The predicted molar refractivity (Wildman–Crippen MR) is 102 cm³/mol. The fourth-order valence-electron chi connectivity index (χ4n) is 3.18. The Labute approximate surface area is 160 Å². The molecule has 10 heteroatoms. The standard InChI is InChI=1S/C17H17N5O3S2/c23-17(19-13-5-2-8-18-10-13)12-4-3-9-22(11-12)27(24,25)15-7-1-6-14-16(15)21-26-20-14/h1-2,5-8,10,12H,3-4,9,11H2,(H,19,23)/t12-/m1/s1. The number of sulfonamides is 1. The maximum absolute atomic E-state index is 13.1. The summed E-state index contributed by atoms with van der Waals surface area (Å²) in [4.78, 5) is 16.7. The zero-order valence-electron chi connectivity index (χ0n) is 14.3. The number of fused-ring (bicyclic) bond motifs is 1. The third kappa shape index (κ3) is 3.55. The van der Waals surface area contributed by atoms with E-state index in [1.165, 1.54) is 4.31 Å². The van der Waals surface area contributed by atoms with Gasteiger partial charge in [0.2, 0.25) is 15.9 Å². The largest absolute Gasteiger partial charge is 0.324 e. The smallest absolute Gasteiger partial charge is 0.245 e. The number of aromatic nitrogens is 3. The van der Waals surface area contributed by atoms with Crippen LogP contribution in [-0.2, 0) is 14.8 Å². The van der Waals surface area contributed by atoms with Crippen LogP contribution in [0.1, 0.15) is 12.8 Å². The van der Waals surface area contributed by atoms with Crippen molar-refractivity contribution in [3.8, 4) is 0 Å². The topological polar surface area (TPSA) is 105 Å². The predicted octanol–water partition coefficient (Wildman–Crippen LogP) is 2.13. The van der Waals surface area contributed by atoms with E-state index in [1.807, 2.05) is 0 Å². The van der Waals surface area contributed by atoms with Crippen molar-refractivity contribution in [2.24, 2.45) is 5.92 Å². The summed E-state index contributed by atoms with van der Waals surface area (Å²) in [5.41, 5.74) is 1.54. The highest BCUT2D eigenvalue weighted by molar-refractivity contribution is 7.89. The van der Waals surface area contributed by atoms with Crippen LogP contribution in [0.25, 0.3) is 11.0 Å². The molecule has 0 saturated carbocycles. The van der Waals surface area contributed by atoms with Crippen molar-refractivity contribution in [1.29, 1.82) is 0 Å². The number of pyridine rings is 1. The molecular weight excluding hydrogens is 386 g/mol. The Kier molecular flexibility index (Phi) is 4.85. The maximum Gasteiger partial charge on any atom is 0.245 e. The van der Waals surface area contributed by atoms with Crippen molar-refractivity contribution < 1.29 is 13.2 Å². The molecule has 3 heterocycles. The number of benzene rings is 1. The van der Waals surface area contributed by atoms with Crippen LogP contribution in [0, 0.1) is 5.92 Å². The Morgan fingerprint density at radius 3 is 2.93 bits per heavy atom. The third-order valence-corrected chi connectivity index (χ3v) is 6.99. The molecule has 0 spiro atoms. The number of rotatable bonds is 4. The fraction of sp³-hybridized carbons (Fsp3) is 0.294. The summed E-state index contributed by atoms with van der Waals surface area (Å²) < 4.78 is 35.9. The van der Waals surface area contributed by atoms with Crippen LogP contribution in [0.5, 0.6) is 0 Å². The Morgan fingerprint density at radius 1 is 1.22 bits per heavy atom. The van der Waals surface area contributed by atoms with Gasteiger partial charge in [-0.2, -0.15) is 13.1 Å². The number of piperidine rings is 1. The maximum atomic E-state index is 13.1. The lowest BCUT2D eigenvalue weighted by atomic mass is 9.99. The Hall–Kier alpha value is -2.43. The molecule has 0 unspecified atom stereocenters. The highest BCUT2D eigenvalue weighted by atomic mass is 32.2. The minimum Gasteiger partial charge on any atom is -0.324 e. The van der Waals surface area contributed by atoms with Crippen molar-refractivity contribution in [1.82, 2.24) is 18.0 Å². The molecule has 2 aromatic heterocycles. The van der Waals surface area contributed by atoms with E-state index in [4.69, 9.17) is 0 Å². The van der Waals surface area contributed by atoms with Gasteiger partial charge in [-0.05, 0) is 37.1 Å². The van der Waals surface area contributed by atoms with E-state index < -0.39 is 15.9 Å². The van der Waals surface area contributed by atoms with Gasteiger partial charge in [0.15, 0.2) is 0 Å².